The molecule has 5 spiro atoms. The summed E-state index contributed by atoms with van der Waals surface area (Å²) < 4.78 is 164. The minimum atomic E-state index is -4.28. The number of oxime groups is 6. The molecule has 2 N–H and O–H groups in total. The van der Waals surface area contributed by atoms with E-state index in [1.54, 1.807) is 46.2 Å². The minimum Gasteiger partial charge on any atom is -0.662 e. The molecule has 25 nitrogen and oxygen atoms in total. The Balaban J connectivity index is 0.000000234. The number of nitrogens with one attached hydrogen (secondary N) is 1. The molecule has 4 aromatic rings. The summed E-state index contributed by atoms with van der Waals surface area (Å²) in [5.74, 6) is 0. The van der Waals surface area contributed by atoms with Crippen molar-refractivity contribution in [2.75, 3.05) is 78.5 Å². The van der Waals surface area contributed by atoms with Crippen molar-refractivity contribution in [2.24, 2.45) is 30.9 Å². The predicted octanol–water partition coefficient (Wildman–Crippen LogP) is 19.8. The third-order valence-corrected chi connectivity index (χ3v) is 24.2. The fraction of sp³-hybridized carbons (Fsp3) is 0.588. The van der Waals surface area contributed by atoms with Crippen LogP contribution in [0.2, 0.25) is 0 Å². The normalized spacial score (nSPS) is 23.5. The predicted molar refractivity (Wildman–Crippen MR) is 495 cm³/mol. The Labute approximate surface area is 843 Å². The summed E-state index contributed by atoms with van der Waals surface area (Å²) in [6.07, 6.45) is -1.61. The van der Waals surface area contributed by atoms with Crippen LogP contribution < -0.4 is 40.1 Å². The van der Waals surface area contributed by atoms with Crippen LogP contribution in [-0.4, -0.2) is 193 Å². The summed E-state index contributed by atoms with van der Waals surface area (Å²) in [6, 6.07) is 21.2. The summed E-state index contributed by atoms with van der Waals surface area (Å²) in [6.45, 7) is 26.6. The smallest absolute Gasteiger partial charge is 0.662 e. The molecule has 0 bridgehead atoms. The molecule has 724 valence electrons. The summed E-state index contributed by atoms with van der Waals surface area (Å²) in [5, 5.41) is 42.4. The topological polar surface area (TPSA) is 271 Å². The first-order valence-corrected chi connectivity index (χ1v) is 48.0. The molecule has 3 unspecified atom stereocenters. The zero-order valence-corrected chi connectivity index (χ0v) is 87.9. The Bertz CT molecular complexity index is 4250. The first-order valence-electron chi connectivity index (χ1n) is 41.3. The van der Waals surface area contributed by atoms with Crippen molar-refractivity contribution >= 4 is 173 Å². The monoisotopic (exact) mass is 2380 g/mol. The van der Waals surface area contributed by atoms with Gasteiger partial charge in [0.25, 0.3) is 6.47 Å². The molecule has 11 aliphatic rings. The van der Waals surface area contributed by atoms with Gasteiger partial charge in [-0.2, -0.15) is 52.7 Å². The van der Waals surface area contributed by atoms with Crippen molar-refractivity contribution in [3.8, 4) is 0 Å². The Hall–Kier alpha value is -4.75. The van der Waals surface area contributed by atoms with Crippen molar-refractivity contribution in [3.63, 3.8) is 0 Å². The van der Waals surface area contributed by atoms with E-state index in [1.165, 1.54) is 18.6 Å². The van der Waals surface area contributed by atoms with E-state index >= 15 is 0 Å². The van der Waals surface area contributed by atoms with Crippen LogP contribution in [0.4, 0.5) is 62.3 Å². The molecular formula is C85H105Br8F12N12NaO13. The van der Waals surface area contributed by atoms with Crippen molar-refractivity contribution in [1.29, 1.82) is 0 Å². The van der Waals surface area contributed by atoms with E-state index in [2.05, 4.69) is 190 Å². The van der Waals surface area contributed by atoms with E-state index in [1.807, 2.05) is 41.5 Å². The third-order valence-electron chi connectivity index (χ3n) is 21.1. The van der Waals surface area contributed by atoms with Crippen LogP contribution in [0, 0.1) is 0 Å². The van der Waals surface area contributed by atoms with E-state index < -0.39 is 58.2 Å². The fourth-order valence-corrected chi connectivity index (χ4v) is 18.7. The average Bonchev–Trinajstić information content (AvgIpc) is 1.72. The maximum Gasteiger partial charge on any atom is 1.00 e. The van der Waals surface area contributed by atoms with Crippen LogP contribution in [0.5, 0.6) is 0 Å². The molecule has 11 heterocycles. The summed E-state index contributed by atoms with van der Waals surface area (Å²) in [4.78, 5) is 72.6. The number of hydrogen-bond acceptors (Lipinski definition) is 23. The largest absolute Gasteiger partial charge is 1.00 e. The number of hydrogen-bond donors (Lipinski definition) is 2. The number of alkyl halides is 13. The Morgan fingerprint density at radius 1 is 0.473 bits per heavy atom. The maximum absolute atomic E-state index is 12.6. The van der Waals surface area contributed by atoms with Crippen molar-refractivity contribution in [3.05, 3.63) is 154 Å². The molecule has 15 rings (SSSR count). The molecule has 4 aromatic carbocycles. The van der Waals surface area contributed by atoms with Crippen molar-refractivity contribution < 1.29 is 146 Å². The molecular weight excluding hydrogens is 2290 g/mol. The van der Waals surface area contributed by atoms with Gasteiger partial charge in [0, 0.05) is 103 Å². The Morgan fingerprint density at radius 3 is 1.00 bits per heavy atom. The number of likely N-dealkylation sites (tertiary alicyclic amines) is 5. The average molecular weight is 2390 g/mol. The van der Waals surface area contributed by atoms with Gasteiger partial charge < -0.3 is 64.1 Å². The second kappa shape index (κ2) is 52.3. The van der Waals surface area contributed by atoms with Gasteiger partial charge in [0.2, 0.25) is 0 Å². The van der Waals surface area contributed by atoms with Gasteiger partial charge >= 0.3 is 66.4 Å². The number of halogens is 20. The number of rotatable bonds is 8. The molecule has 6 fully saturated rings. The molecule has 46 heteroatoms. The molecule has 0 saturated carbocycles. The number of nitrogens with zero attached hydrogens (tertiary/aromatic N) is 11. The van der Waals surface area contributed by atoms with E-state index in [-0.39, 0.29) is 76.2 Å². The van der Waals surface area contributed by atoms with Gasteiger partial charge in [0.1, 0.15) is 34.3 Å². The van der Waals surface area contributed by atoms with Crippen LogP contribution >= 0.6 is 127 Å². The quantitative estimate of drug-likeness (QED) is 0.0191. The van der Waals surface area contributed by atoms with Gasteiger partial charge in [-0.1, -0.05) is 108 Å². The van der Waals surface area contributed by atoms with Gasteiger partial charge in [0.05, 0.1) is 28.8 Å². The number of benzene rings is 4. The van der Waals surface area contributed by atoms with Gasteiger partial charge in [-0.3, -0.25) is 19.5 Å². The fourth-order valence-electron chi connectivity index (χ4n) is 15.4. The molecule has 5 atom stereocenters. The number of piperidine rings is 6. The zero-order valence-electron chi connectivity index (χ0n) is 73.2. The number of amides is 2. The van der Waals surface area contributed by atoms with E-state index in [4.69, 9.17) is 48.9 Å². The summed E-state index contributed by atoms with van der Waals surface area (Å²) >= 11 is 25.5. The molecule has 0 radical (unpaired) electrons. The maximum atomic E-state index is 12.6. The van der Waals surface area contributed by atoms with Crippen molar-refractivity contribution in [2.45, 2.75) is 240 Å². The minimum absolute atomic E-state index is 0. The molecule has 11 aliphatic heterocycles. The van der Waals surface area contributed by atoms with E-state index in [9.17, 15) is 62.3 Å². The van der Waals surface area contributed by atoms with Crippen LogP contribution in [0.3, 0.4) is 0 Å². The summed E-state index contributed by atoms with van der Waals surface area (Å²) in [7, 11) is 0. The number of ether oxygens (including phenoxy) is 2. The standard InChI is InChI=1S/3C15H16BrF3N2O.C12H19BrN2O3.C11H19NO2.C8H6BrF3.C7H11BrN2O.CHBr2NO.CH2O3.Na/c3*16-13-8-14(22-20-13)6-1-7-21(10-14)9-11-2-4-12(5-3-11)15(17,18)19;1-11(2,3)17-10(16)15-6-4-5-12(8-15)7-9(13)14-18-12;1-9-6-5-7-12(8-9)10(13)14-11(2,3)4;9-5-6-1-3-7(4-2-6)8(10,11)12;8-6-4-7(11-10-6)2-1-3-9-5-7;2-1(3)4-5;2-1-4-3;/h3*2-5H,1,6-10H2;4-8H2,1-3H3;1,5-8H2,2-4H3;1-4H,5H2;9H,1-5H2;5H;1,3H;/q;;;;;;;;;+1/p-1/t2*14-;;;;;;;;/m10......../s1. The SMILES string of the molecule is BrC1=NOC2(CCCNC2)C1.C=C1CCCN(C(=O)OC(C)(C)C)C1.CC(C)(C)OC(=O)N1CCCC2(CC(Br)=NO2)C1.FC(F)(F)c1ccc(CBr)cc1.FC(F)(F)c1ccc(CN2CCCC3(CC(Br)=NO3)C2)cc1.FC(F)(F)c1ccc(CN2CCC[C@@]3(CC(Br)=NO3)C2)cc1.FC(F)(F)c1ccc(CN2CCC[C@]3(CC(Br)=NO3)C2)cc1.O=CO[O-].ON=C(Br)Br.[Na+]. The van der Waals surface area contributed by atoms with Crippen LogP contribution in [0.1, 0.15) is 195 Å². The Morgan fingerprint density at radius 2 is 0.748 bits per heavy atom. The first kappa shape index (κ1) is 115. The van der Waals surface area contributed by atoms with E-state index in [0.717, 1.165) is 268 Å². The van der Waals surface area contributed by atoms with Crippen LogP contribution in [0.25, 0.3) is 0 Å². The third kappa shape index (κ3) is 40.3. The van der Waals surface area contributed by atoms with Crippen molar-refractivity contribution in [1.82, 2.24) is 29.8 Å². The van der Waals surface area contributed by atoms with Crippen LogP contribution in [0.15, 0.2) is 140 Å². The molecule has 2 amide bonds. The molecule has 0 aliphatic carbocycles. The second-order valence-corrected chi connectivity index (χ2v) is 42.2. The van der Waals surface area contributed by atoms with Gasteiger partial charge in [-0.05, 0) is 327 Å². The van der Waals surface area contributed by atoms with E-state index in [0.29, 0.717) is 41.6 Å². The molecule has 6 saturated heterocycles. The van der Waals surface area contributed by atoms with Gasteiger partial charge in [-0.15, -0.1) is 0 Å². The summed E-state index contributed by atoms with van der Waals surface area (Å²) in [5.41, 5.74) is 0.0884. The van der Waals surface area contributed by atoms with Gasteiger partial charge in [-0.25, -0.2) is 9.59 Å². The number of carbonyl (C=O) groups excluding carboxylic acids is 3. The second-order valence-electron chi connectivity index (χ2n) is 34.5. The Kier molecular flexibility index (Phi) is 45.9. The first-order chi connectivity index (χ1) is 60.8. The molecule has 131 heavy (non-hydrogen) atoms. The molecule has 0 aromatic heterocycles. The van der Waals surface area contributed by atoms with Gasteiger partial charge in [0.15, 0.2) is 31.5 Å². The number of carbonyl (C=O) groups is 3. The zero-order chi connectivity index (χ0) is 96.2. The van der Waals surface area contributed by atoms with Crippen LogP contribution in [-0.2, 0) is 93.0 Å².